The zero-order chi connectivity index (χ0) is 15.9. The van der Waals surface area contributed by atoms with Gasteiger partial charge in [-0.2, -0.15) is 0 Å². The number of nitro benzene ring substituents is 1. The minimum Gasteiger partial charge on any atom is -0.711 e. The van der Waals surface area contributed by atoms with E-state index in [1.807, 2.05) is 13.8 Å². The Hall–Kier alpha value is -2.83. The van der Waals surface area contributed by atoms with Gasteiger partial charge in [0.25, 0.3) is 11.5 Å². The largest absolute Gasteiger partial charge is 0.711 e. The molecule has 1 aromatic heterocycles. The summed E-state index contributed by atoms with van der Waals surface area (Å²) in [7, 11) is 0. The summed E-state index contributed by atoms with van der Waals surface area (Å²) in [5.41, 5.74) is -0.0452. The van der Waals surface area contributed by atoms with Crippen LogP contribution in [-0.4, -0.2) is 17.1 Å². The number of anilines is 2. The van der Waals surface area contributed by atoms with Crippen LogP contribution in [0.2, 0.25) is 0 Å². The van der Waals surface area contributed by atoms with Gasteiger partial charge < -0.3 is 9.94 Å². The first-order valence-electron chi connectivity index (χ1n) is 6.81. The van der Waals surface area contributed by atoms with Gasteiger partial charge in [-0.1, -0.05) is 6.07 Å². The molecule has 0 amide bonds. The van der Waals surface area contributed by atoms with Crippen molar-refractivity contribution in [2.45, 2.75) is 19.4 Å². The number of pyridine rings is 1. The molecule has 0 fully saturated rings. The maximum atomic E-state index is 12.1. The first-order valence-corrected chi connectivity index (χ1v) is 6.81. The maximum absolute atomic E-state index is 12.1. The monoisotopic (exact) mass is 301 g/mol. The molecule has 2 heterocycles. The Labute approximate surface area is 127 Å². The summed E-state index contributed by atoms with van der Waals surface area (Å²) in [6, 6.07) is 9.46. The molecule has 0 aliphatic carbocycles. The van der Waals surface area contributed by atoms with Gasteiger partial charge in [0.2, 0.25) is 0 Å². The highest BCUT2D eigenvalue weighted by atomic mass is 16.6. The topological polar surface area (TPSA) is 82.5 Å². The van der Waals surface area contributed by atoms with Crippen LogP contribution in [0.25, 0.3) is 0 Å². The van der Waals surface area contributed by atoms with Gasteiger partial charge in [0.1, 0.15) is 12.1 Å². The van der Waals surface area contributed by atoms with Gasteiger partial charge in [0, 0.05) is 12.1 Å². The minimum atomic E-state index is -0.522. The Morgan fingerprint density at radius 1 is 1.32 bits per heavy atom. The highest BCUT2D eigenvalue weighted by Crippen LogP contribution is 2.41. The number of rotatable bonds is 2. The van der Waals surface area contributed by atoms with E-state index in [2.05, 4.69) is 0 Å². The molecule has 7 nitrogen and oxygen atoms in total. The Balaban J connectivity index is 2.17. The van der Waals surface area contributed by atoms with Gasteiger partial charge in [-0.15, -0.1) is 0 Å². The van der Waals surface area contributed by atoms with E-state index in [1.54, 1.807) is 29.2 Å². The molecule has 0 saturated carbocycles. The first-order chi connectivity index (χ1) is 10.4. The van der Waals surface area contributed by atoms with E-state index in [0.717, 1.165) is 4.73 Å². The van der Waals surface area contributed by atoms with Crippen molar-refractivity contribution < 1.29 is 14.4 Å². The van der Waals surface area contributed by atoms with Crippen molar-refractivity contribution in [1.82, 2.24) is 0 Å². The molecule has 22 heavy (non-hydrogen) atoms. The van der Waals surface area contributed by atoms with Gasteiger partial charge in [0.15, 0.2) is 11.4 Å². The molecule has 2 aromatic rings. The van der Waals surface area contributed by atoms with Crippen molar-refractivity contribution in [3.63, 3.8) is 0 Å². The third-order valence-electron chi connectivity index (χ3n) is 3.45. The SMILES string of the molecule is CC1(C)CN(c2cccc[n+]2[O-])c2cc([N+](=O)[O-])ccc2O1. The average Bonchev–Trinajstić information content (AvgIpc) is 2.45. The van der Waals surface area contributed by atoms with E-state index in [0.29, 0.717) is 23.8 Å². The lowest BCUT2D eigenvalue weighted by atomic mass is 10.0. The molecule has 0 radical (unpaired) electrons. The number of aromatic nitrogens is 1. The first kappa shape index (κ1) is 14.1. The second-order valence-electron chi connectivity index (χ2n) is 5.74. The molecule has 0 spiro atoms. The van der Waals surface area contributed by atoms with Gasteiger partial charge >= 0.3 is 0 Å². The number of nitrogens with zero attached hydrogens (tertiary/aromatic N) is 3. The number of ether oxygens (including phenoxy) is 1. The molecule has 7 heteroatoms. The van der Waals surface area contributed by atoms with Gasteiger partial charge in [-0.3, -0.25) is 10.1 Å². The molecule has 0 saturated heterocycles. The number of fused-ring (bicyclic) bond motifs is 1. The molecule has 1 aliphatic heterocycles. The third-order valence-corrected chi connectivity index (χ3v) is 3.45. The van der Waals surface area contributed by atoms with E-state index in [-0.39, 0.29) is 5.69 Å². The maximum Gasteiger partial charge on any atom is 0.285 e. The smallest absolute Gasteiger partial charge is 0.285 e. The van der Waals surface area contributed by atoms with Crippen molar-refractivity contribution in [2.75, 3.05) is 11.4 Å². The van der Waals surface area contributed by atoms with Crippen LogP contribution in [0.1, 0.15) is 13.8 Å². The quantitative estimate of drug-likeness (QED) is 0.368. The molecule has 3 rings (SSSR count). The second-order valence-corrected chi connectivity index (χ2v) is 5.74. The van der Waals surface area contributed by atoms with Gasteiger partial charge in [0.05, 0.1) is 17.2 Å². The Morgan fingerprint density at radius 2 is 2.09 bits per heavy atom. The van der Waals surface area contributed by atoms with Gasteiger partial charge in [-0.05, 0) is 26.0 Å². The van der Waals surface area contributed by atoms with Crippen molar-refractivity contribution >= 4 is 17.2 Å². The van der Waals surface area contributed by atoms with Crippen LogP contribution in [0.3, 0.4) is 0 Å². The molecule has 0 bridgehead atoms. The summed E-state index contributed by atoms with van der Waals surface area (Å²) < 4.78 is 6.61. The second kappa shape index (κ2) is 4.87. The number of nitro groups is 1. The van der Waals surface area contributed by atoms with Crippen LogP contribution in [0.5, 0.6) is 5.75 Å². The molecule has 1 aliphatic rings. The fourth-order valence-electron chi connectivity index (χ4n) is 2.55. The highest BCUT2D eigenvalue weighted by molar-refractivity contribution is 5.70. The molecular weight excluding hydrogens is 286 g/mol. The highest BCUT2D eigenvalue weighted by Gasteiger charge is 2.39. The summed E-state index contributed by atoms with van der Waals surface area (Å²) in [5.74, 6) is 0.923. The average molecular weight is 301 g/mol. The van der Waals surface area contributed by atoms with Crippen molar-refractivity contribution in [1.29, 1.82) is 0 Å². The summed E-state index contributed by atoms with van der Waals surface area (Å²) >= 11 is 0. The third kappa shape index (κ3) is 2.41. The fraction of sp³-hybridized carbons (Fsp3) is 0.267. The summed E-state index contributed by atoms with van der Waals surface area (Å²) in [4.78, 5) is 12.3. The molecule has 0 N–H and O–H groups in total. The van der Waals surface area contributed by atoms with E-state index in [9.17, 15) is 15.3 Å². The van der Waals surface area contributed by atoms with E-state index in [1.165, 1.54) is 18.3 Å². The van der Waals surface area contributed by atoms with Crippen molar-refractivity contribution in [3.05, 3.63) is 57.9 Å². The molecule has 114 valence electrons. The van der Waals surface area contributed by atoms with E-state index in [4.69, 9.17) is 4.74 Å². The Morgan fingerprint density at radius 3 is 2.77 bits per heavy atom. The van der Waals surface area contributed by atoms with Crippen LogP contribution in [0.4, 0.5) is 17.2 Å². The lowest BCUT2D eigenvalue weighted by Crippen LogP contribution is -2.48. The minimum absolute atomic E-state index is 0.0413. The van der Waals surface area contributed by atoms with Crippen LogP contribution < -0.4 is 14.4 Å². The Kier molecular flexibility index (Phi) is 3.13. The molecular formula is C15H15N3O4. The van der Waals surface area contributed by atoms with Crippen molar-refractivity contribution in [2.24, 2.45) is 0 Å². The summed E-state index contributed by atoms with van der Waals surface area (Å²) in [6.07, 6.45) is 1.40. The number of benzene rings is 1. The zero-order valence-corrected chi connectivity index (χ0v) is 12.2. The summed E-state index contributed by atoms with van der Waals surface area (Å²) in [5, 5.41) is 23.1. The van der Waals surface area contributed by atoms with Crippen LogP contribution >= 0.6 is 0 Å². The lowest BCUT2D eigenvalue weighted by Gasteiger charge is -2.36. The van der Waals surface area contributed by atoms with Crippen LogP contribution in [-0.2, 0) is 0 Å². The van der Waals surface area contributed by atoms with Crippen molar-refractivity contribution in [3.8, 4) is 5.75 Å². The van der Waals surface area contributed by atoms with Crippen LogP contribution in [0, 0.1) is 15.3 Å². The standard InChI is InChI=1S/C15H15N3O4/c1-15(2)10-16(14-5-3-4-8-17(14)19)12-9-11(18(20)21)6-7-13(12)22-15/h3-9H,10H2,1-2H3. The van der Waals surface area contributed by atoms with E-state index < -0.39 is 10.5 Å². The number of non-ortho nitro benzene ring substituents is 1. The number of hydrogen-bond acceptors (Lipinski definition) is 5. The fourth-order valence-corrected chi connectivity index (χ4v) is 2.55. The van der Waals surface area contributed by atoms with E-state index >= 15 is 0 Å². The lowest BCUT2D eigenvalue weighted by molar-refractivity contribution is -0.592. The predicted octanol–water partition coefficient (Wildman–Crippen LogP) is 2.54. The molecule has 0 unspecified atom stereocenters. The zero-order valence-electron chi connectivity index (χ0n) is 12.2. The normalized spacial score (nSPS) is 15.8. The molecule has 1 aromatic carbocycles. The summed E-state index contributed by atoms with van der Waals surface area (Å²) in [6.45, 7) is 4.22. The molecule has 0 atom stereocenters. The van der Waals surface area contributed by atoms with Gasteiger partial charge in [-0.25, -0.2) is 9.63 Å². The number of hydrogen-bond donors (Lipinski definition) is 0. The van der Waals surface area contributed by atoms with Crippen LogP contribution in [0.15, 0.2) is 42.6 Å². The Bertz CT molecular complexity index is 745. The predicted molar refractivity (Wildman–Crippen MR) is 80.2 cm³/mol.